The maximum atomic E-state index is 12.7. The Morgan fingerprint density at radius 3 is 2.55 bits per heavy atom. The van der Waals surface area contributed by atoms with E-state index in [1.165, 1.54) is 29.2 Å². The molecule has 1 aliphatic heterocycles. The number of hydrogen-bond donors (Lipinski definition) is 2. The first-order valence-corrected chi connectivity index (χ1v) is 6.01. The Labute approximate surface area is 114 Å². The van der Waals surface area contributed by atoms with Gasteiger partial charge in [0.15, 0.2) is 0 Å². The Morgan fingerprint density at radius 2 is 2.00 bits per heavy atom. The average Bonchev–Trinajstić information content (AvgIpc) is 2.74. The molecule has 1 aliphatic rings. The minimum atomic E-state index is -1.04. The minimum absolute atomic E-state index is 0.0327. The van der Waals surface area contributed by atoms with E-state index in [0.717, 1.165) is 0 Å². The van der Waals surface area contributed by atoms with E-state index in [1.54, 1.807) is 0 Å². The Morgan fingerprint density at radius 1 is 1.35 bits per heavy atom. The highest BCUT2D eigenvalue weighted by Crippen LogP contribution is 2.17. The molecule has 0 bridgehead atoms. The van der Waals surface area contributed by atoms with Crippen molar-refractivity contribution < 1.29 is 23.9 Å². The number of aliphatic carboxylic acids is 1. The van der Waals surface area contributed by atoms with Crippen LogP contribution in [-0.2, 0) is 14.4 Å². The normalized spacial score (nSPS) is 18.1. The number of carbonyl (C=O) groups excluding carboxylic acids is 2. The van der Waals surface area contributed by atoms with Crippen LogP contribution in [-0.4, -0.2) is 40.9 Å². The van der Waals surface area contributed by atoms with E-state index in [2.05, 4.69) is 5.32 Å². The second-order valence-corrected chi connectivity index (χ2v) is 4.57. The number of nitrogens with zero attached hydrogens (tertiary/aromatic N) is 1. The second-order valence-electron chi connectivity index (χ2n) is 4.57. The van der Waals surface area contributed by atoms with E-state index in [-0.39, 0.29) is 25.4 Å². The summed E-state index contributed by atoms with van der Waals surface area (Å²) in [5, 5.41) is 11.3. The van der Waals surface area contributed by atoms with Crippen LogP contribution in [0.5, 0.6) is 0 Å². The molecule has 1 unspecified atom stereocenters. The van der Waals surface area contributed by atoms with Gasteiger partial charge in [-0.3, -0.25) is 14.4 Å². The first kappa shape index (κ1) is 14.0. The number of rotatable bonds is 4. The molecule has 7 heteroatoms. The molecule has 2 N–H and O–H groups in total. The molecule has 0 aliphatic carbocycles. The quantitative estimate of drug-likeness (QED) is 0.850. The summed E-state index contributed by atoms with van der Waals surface area (Å²) in [6.07, 6.45) is -0.0842. The lowest BCUT2D eigenvalue weighted by Gasteiger charge is -2.15. The van der Waals surface area contributed by atoms with Gasteiger partial charge < -0.3 is 15.3 Å². The zero-order valence-electron chi connectivity index (χ0n) is 10.5. The summed E-state index contributed by atoms with van der Waals surface area (Å²) >= 11 is 0. The Kier molecular flexibility index (Phi) is 3.97. The summed E-state index contributed by atoms with van der Waals surface area (Å²) in [7, 11) is 0. The SMILES string of the molecule is O=C(CN1CC(C(=O)O)CC1=O)Nc1ccc(F)cc1. The van der Waals surface area contributed by atoms with Crippen LogP contribution in [0.2, 0.25) is 0 Å². The Balaban J connectivity index is 1.90. The fourth-order valence-electron chi connectivity index (χ4n) is 2.00. The minimum Gasteiger partial charge on any atom is -0.481 e. The predicted molar refractivity (Wildman–Crippen MR) is 67.4 cm³/mol. The molecule has 1 heterocycles. The highest BCUT2D eigenvalue weighted by Gasteiger charge is 2.34. The molecule has 0 radical (unpaired) electrons. The third-order valence-corrected chi connectivity index (χ3v) is 3.03. The summed E-state index contributed by atoms with van der Waals surface area (Å²) in [6.45, 7) is -0.176. The standard InChI is InChI=1S/C13H13FN2O4/c14-9-1-3-10(4-2-9)15-11(17)7-16-6-8(13(19)20)5-12(16)18/h1-4,8H,5-7H2,(H,15,17)(H,19,20). The maximum absolute atomic E-state index is 12.7. The number of amides is 2. The van der Waals surface area contributed by atoms with Crippen LogP contribution < -0.4 is 5.32 Å². The number of carboxylic acid groups (broad SMARTS) is 1. The fourth-order valence-corrected chi connectivity index (χ4v) is 2.00. The third-order valence-electron chi connectivity index (χ3n) is 3.03. The van der Waals surface area contributed by atoms with Gasteiger partial charge in [0.2, 0.25) is 11.8 Å². The molecule has 0 aromatic heterocycles. The van der Waals surface area contributed by atoms with Crippen molar-refractivity contribution in [1.29, 1.82) is 0 Å². The molecule has 1 saturated heterocycles. The summed E-state index contributed by atoms with van der Waals surface area (Å²) in [6, 6.07) is 5.21. The van der Waals surface area contributed by atoms with Crippen LogP contribution in [0.4, 0.5) is 10.1 Å². The Hall–Kier alpha value is -2.44. The maximum Gasteiger partial charge on any atom is 0.308 e. The van der Waals surface area contributed by atoms with E-state index < -0.39 is 23.6 Å². The monoisotopic (exact) mass is 280 g/mol. The molecule has 106 valence electrons. The van der Waals surface area contributed by atoms with Crippen LogP contribution in [0.15, 0.2) is 24.3 Å². The zero-order valence-corrected chi connectivity index (χ0v) is 10.5. The number of carbonyl (C=O) groups is 3. The number of likely N-dealkylation sites (tertiary alicyclic amines) is 1. The van der Waals surface area contributed by atoms with Gasteiger partial charge in [-0.05, 0) is 24.3 Å². The first-order chi connectivity index (χ1) is 9.45. The summed E-state index contributed by atoms with van der Waals surface area (Å²) < 4.78 is 12.7. The van der Waals surface area contributed by atoms with E-state index in [9.17, 15) is 18.8 Å². The molecule has 2 amide bonds. The molecule has 2 rings (SSSR count). The van der Waals surface area contributed by atoms with Crippen molar-refractivity contribution >= 4 is 23.5 Å². The van der Waals surface area contributed by atoms with Crippen molar-refractivity contribution in [3.8, 4) is 0 Å². The highest BCUT2D eigenvalue weighted by molar-refractivity contribution is 5.95. The molecule has 1 aromatic carbocycles. The molecule has 0 saturated carbocycles. The second kappa shape index (κ2) is 5.68. The van der Waals surface area contributed by atoms with Gasteiger partial charge in [-0.2, -0.15) is 0 Å². The first-order valence-electron chi connectivity index (χ1n) is 6.01. The predicted octanol–water partition coefficient (Wildman–Crippen LogP) is 0.697. The van der Waals surface area contributed by atoms with Gasteiger partial charge in [-0.25, -0.2) is 4.39 Å². The lowest BCUT2D eigenvalue weighted by atomic mass is 10.1. The van der Waals surface area contributed by atoms with E-state index >= 15 is 0 Å². The number of nitrogens with one attached hydrogen (secondary N) is 1. The lowest BCUT2D eigenvalue weighted by Crippen LogP contribution is -2.34. The van der Waals surface area contributed by atoms with E-state index in [1.807, 2.05) is 0 Å². The third kappa shape index (κ3) is 3.31. The van der Waals surface area contributed by atoms with Gasteiger partial charge in [0.1, 0.15) is 5.82 Å². The fraction of sp³-hybridized carbons (Fsp3) is 0.308. The van der Waals surface area contributed by atoms with Gasteiger partial charge in [0.25, 0.3) is 0 Å². The van der Waals surface area contributed by atoms with Crippen LogP contribution in [0.1, 0.15) is 6.42 Å². The molecule has 0 spiro atoms. The molecule has 20 heavy (non-hydrogen) atoms. The molecular formula is C13H13FN2O4. The van der Waals surface area contributed by atoms with Crippen LogP contribution in [0, 0.1) is 11.7 Å². The van der Waals surface area contributed by atoms with E-state index in [4.69, 9.17) is 5.11 Å². The van der Waals surface area contributed by atoms with Gasteiger partial charge in [-0.1, -0.05) is 0 Å². The number of benzene rings is 1. The van der Waals surface area contributed by atoms with Crippen molar-refractivity contribution in [2.75, 3.05) is 18.4 Å². The smallest absolute Gasteiger partial charge is 0.308 e. The number of carboxylic acids is 1. The number of halogens is 1. The summed E-state index contributed by atoms with van der Waals surface area (Å²) in [4.78, 5) is 35.3. The molecule has 1 atom stereocenters. The summed E-state index contributed by atoms with van der Waals surface area (Å²) in [5.41, 5.74) is 0.415. The van der Waals surface area contributed by atoms with Crippen molar-refractivity contribution in [2.45, 2.75) is 6.42 Å². The van der Waals surface area contributed by atoms with E-state index in [0.29, 0.717) is 5.69 Å². The molecular weight excluding hydrogens is 267 g/mol. The zero-order chi connectivity index (χ0) is 14.7. The average molecular weight is 280 g/mol. The van der Waals surface area contributed by atoms with Gasteiger partial charge in [0.05, 0.1) is 12.5 Å². The highest BCUT2D eigenvalue weighted by atomic mass is 19.1. The number of hydrogen-bond acceptors (Lipinski definition) is 3. The lowest BCUT2D eigenvalue weighted by molar-refractivity contribution is -0.141. The molecule has 1 fully saturated rings. The topological polar surface area (TPSA) is 86.7 Å². The van der Waals surface area contributed by atoms with Gasteiger partial charge in [-0.15, -0.1) is 0 Å². The summed E-state index contributed by atoms with van der Waals surface area (Å²) in [5.74, 6) is -3.02. The van der Waals surface area contributed by atoms with Crippen LogP contribution >= 0.6 is 0 Å². The van der Waals surface area contributed by atoms with Gasteiger partial charge in [0, 0.05) is 18.7 Å². The van der Waals surface area contributed by atoms with Crippen molar-refractivity contribution in [3.63, 3.8) is 0 Å². The van der Waals surface area contributed by atoms with Gasteiger partial charge >= 0.3 is 5.97 Å². The largest absolute Gasteiger partial charge is 0.481 e. The number of anilines is 1. The Bertz CT molecular complexity index is 544. The van der Waals surface area contributed by atoms with Crippen LogP contribution in [0.25, 0.3) is 0 Å². The van der Waals surface area contributed by atoms with Crippen molar-refractivity contribution in [2.24, 2.45) is 5.92 Å². The van der Waals surface area contributed by atoms with Crippen molar-refractivity contribution in [1.82, 2.24) is 4.90 Å². The van der Waals surface area contributed by atoms with Crippen molar-refractivity contribution in [3.05, 3.63) is 30.1 Å². The molecule has 6 nitrogen and oxygen atoms in total. The molecule has 1 aromatic rings. The van der Waals surface area contributed by atoms with Crippen LogP contribution in [0.3, 0.4) is 0 Å².